The number of hydrogen-bond donors (Lipinski definition) is 0. The van der Waals surface area contributed by atoms with Crippen LogP contribution < -0.4 is 4.74 Å². The van der Waals surface area contributed by atoms with Gasteiger partial charge in [0.15, 0.2) is 5.78 Å². The fourth-order valence-electron chi connectivity index (χ4n) is 1.82. The van der Waals surface area contributed by atoms with Gasteiger partial charge in [-0.3, -0.25) is 4.79 Å². The van der Waals surface area contributed by atoms with Gasteiger partial charge in [0.25, 0.3) is 0 Å². The van der Waals surface area contributed by atoms with Crippen LogP contribution in [0.5, 0.6) is 5.75 Å². The van der Waals surface area contributed by atoms with Crippen molar-refractivity contribution in [2.24, 2.45) is 0 Å². The van der Waals surface area contributed by atoms with E-state index in [1.54, 1.807) is 6.92 Å². The normalized spacial score (nSPS) is 11.3. The average molecular weight is 298 g/mol. The molecule has 2 nitrogen and oxygen atoms in total. The van der Waals surface area contributed by atoms with Crippen molar-refractivity contribution in [2.45, 2.75) is 13.3 Å². The molecule has 0 aliphatic heterocycles. The van der Waals surface area contributed by atoms with E-state index in [9.17, 15) is 22.4 Å². The molecule has 0 amide bonds. The van der Waals surface area contributed by atoms with Gasteiger partial charge >= 0.3 is 6.36 Å². The maximum absolute atomic E-state index is 13.8. The topological polar surface area (TPSA) is 26.3 Å². The molecule has 0 atom stereocenters. The van der Waals surface area contributed by atoms with Crippen LogP contribution >= 0.6 is 0 Å². The quantitative estimate of drug-likeness (QED) is 0.625. The Bertz CT molecular complexity index is 678. The molecule has 0 heterocycles. The van der Waals surface area contributed by atoms with Crippen LogP contribution in [0.2, 0.25) is 0 Å². The average Bonchev–Trinajstić information content (AvgIpc) is 2.36. The van der Waals surface area contributed by atoms with Crippen LogP contribution in [0.3, 0.4) is 0 Å². The lowest BCUT2D eigenvalue weighted by molar-refractivity contribution is -0.274. The number of aryl methyl sites for hydroxylation is 1. The Hall–Kier alpha value is -2.37. The van der Waals surface area contributed by atoms with Crippen molar-refractivity contribution in [3.05, 3.63) is 65.0 Å². The lowest BCUT2D eigenvalue weighted by Gasteiger charge is -2.12. The molecule has 0 N–H and O–H groups in total. The van der Waals surface area contributed by atoms with E-state index >= 15 is 0 Å². The molecule has 0 saturated heterocycles. The molecule has 0 spiro atoms. The number of carbonyl (C=O) groups excluding carboxylic acids is 1. The highest BCUT2D eigenvalue weighted by Crippen LogP contribution is 2.28. The number of benzene rings is 2. The standard InChI is InChI=1S/C15H10F4O2/c1-9-6-7-10(12(16)8-9)14(20)11-4-2-3-5-13(11)21-15(17,18)19/h2-8H,1H3. The van der Waals surface area contributed by atoms with Crippen molar-refractivity contribution in [1.29, 1.82) is 0 Å². The molecule has 0 fully saturated rings. The zero-order valence-corrected chi connectivity index (χ0v) is 10.9. The van der Waals surface area contributed by atoms with Crippen molar-refractivity contribution in [2.75, 3.05) is 0 Å². The summed E-state index contributed by atoms with van der Waals surface area (Å²) in [6.07, 6.45) is -4.93. The molecular weight excluding hydrogens is 288 g/mol. The van der Waals surface area contributed by atoms with Gasteiger partial charge < -0.3 is 4.74 Å². The van der Waals surface area contributed by atoms with Crippen LogP contribution in [0.15, 0.2) is 42.5 Å². The second-order valence-corrected chi connectivity index (χ2v) is 4.36. The van der Waals surface area contributed by atoms with Gasteiger partial charge in [-0.05, 0) is 36.8 Å². The Morgan fingerprint density at radius 1 is 1.05 bits per heavy atom. The Kier molecular flexibility index (Phi) is 3.97. The number of halogens is 4. The summed E-state index contributed by atoms with van der Waals surface area (Å²) in [6, 6.07) is 8.71. The molecule has 0 bridgehead atoms. The van der Waals surface area contributed by atoms with Crippen LogP contribution in [0.1, 0.15) is 21.5 Å². The summed E-state index contributed by atoms with van der Waals surface area (Å²) in [5, 5.41) is 0. The van der Waals surface area contributed by atoms with Crippen molar-refractivity contribution >= 4 is 5.78 Å². The number of rotatable bonds is 3. The van der Waals surface area contributed by atoms with E-state index in [1.807, 2.05) is 0 Å². The van der Waals surface area contributed by atoms with Gasteiger partial charge in [0.05, 0.1) is 11.1 Å². The van der Waals surface area contributed by atoms with Gasteiger partial charge in [-0.2, -0.15) is 0 Å². The zero-order valence-electron chi connectivity index (χ0n) is 10.9. The number of hydrogen-bond acceptors (Lipinski definition) is 2. The summed E-state index contributed by atoms with van der Waals surface area (Å²) in [4.78, 5) is 12.2. The maximum atomic E-state index is 13.8. The molecule has 0 radical (unpaired) electrons. The molecular formula is C15H10F4O2. The fourth-order valence-corrected chi connectivity index (χ4v) is 1.82. The van der Waals surface area contributed by atoms with Crippen LogP contribution in [0.25, 0.3) is 0 Å². The van der Waals surface area contributed by atoms with E-state index in [0.29, 0.717) is 5.56 Å². The molecule has 0 aliphatic carbocycles. The third kappa shape index (κ3) is 3.59. The number of ketones is 1. The smallest absolute Gasteiger partial charge is 0.405 e. The summed E-state index contributed by atoms with van der Waals surface area (Å²) < 4.78 is 54.5. The van der Waals surface area contributed by atoms with Crippen molar-refractivity contribution in [3.63, 3.8) is 0 Å². The minimum Gasteiger partial charge on any atom is -0.405 e. The minimum absolute atomic E-state index is 0.307. The van der Waals surface area contributed by atoms with E-state index in [4.69, 9.17) is 0 Å². The monoisotopic (exact) mass is 298 g/mol. The third-order valence-corrected chi connectivity index (χ3v) is 2.73. The van der Waals surface area contributed by atoms with Gasteiger partial charge in [0.1, 0.15) is 11.6 Å². The predicted molar refractivity (Wildman–Crippen MR) is 67.7 cm³/mol. The summed E-state index contributed by atoms with van der Waals surface area (Å²) >= 11 is 0. The first kappa shape index (κ1) is 15.0. The first-order chi connectivity index (χ1) is 9.78. The van der Waals surface area contributed by atoms with Gasteiger partial charge in [-0.1, -0.05) is 18.2 Å². The number of ether oxygens (including phenoxy) is 1. The molecule has 0 aliphatic rings. The summed E-state index contributed by atoms with van der Waals surface area (Å²) in [5.74, 6) is -2.32. The molecule has 2 rings (SSSR count). The van der Waals surface area contributed by atoms with E-state index in [1.165, 1.54) is 24.3 Å². The Balaban J connectivity index is 2.44. The van der Waals surface area contributed by atoms with E-state index < -0.39 is 23.7 Å². The molecule has 0 saturated carbocycles. The molecule has 21 heavy (non-hydrogen) atoms. The van der Waals surface area contributed by atoms with E-state index in [0.717, 1.165) is 18.2 Å². The molecule has 110 valence electrons. The highest BCUT2D eigenvalue weighted by atomic mass is 19.4. The first-order valence-corrected chi connectivity index (χ1v) is 5.93. The summed E-state index contributed by atoms with van der Waals surface area (Å²) in [7, 11) is 0. The van der Waals surface area contributed by atoms with Gasteiger partial charge in [-0.15, -0.1) is 13.2 Å². The molecule has 2 aromatic rings. The zero-order chi connectivity index (χ0) is 15.6. The summed E-state index contributed by atoms with van der Waals surface area (Å²) in [5.41, 5.74) is -0.0553. The lowest BCUT2D eigenvalue weighted by Crippen LogP contribution is -2.19. The van der Waals surface area contributed by atoms with Crippen molar-refractivity contribution in [1.82, 2.24) is 0 Å². The Morgan fingerprint density at radius 3 is 2.33 bits per heavy atom. The second kappa shape index (κ2) is 5.55. The lowest BCUT2D eigenvalue weighted by atomic mass is 10.0. The highest BCUT2D eigenvalue weighted by molar-refractivity contribution is 6.10. The third-order valence-electron chi connectivity index (χ3n) is 2.73. The largest absolute Gasteiger partial charge is 0.573 e. The number of alkyl halides is 3. The highest BCUT2D eigenvalue weighted by Gasteiger charge is 2.33. The first-order valence-electron chi connectivity index (χ1n) is 5.93. The van der Waals surface area contributed by atoms with Gasteiger partial charge in [0.2, 0.25) is 0 Å². The second-order valence-electron chi connectivity index (χ2n) is 4.36. The SMILES string of the molecule is Cc1ccc(C(=O)c2ccccc2OC(F)(F)F)c(F)c1. The summed E-state index contributed by atoms with van der Waals surface area (Å²) in [6.45, 7) is 1.64. The Morgan fingerprint density at radius 2 is 1.71 bits per heavy atom. The maximum Gasteiger partial charge on any atom is 0.573 e. The van der Waals surface area contributed by atoms with E-state index in [2.05, 4.69) is 4.74 Å². The van der Waals surface area contributed by atoms with Crippen LogP contribution in [-0.4, -0.2) is 12.1 Å². The van der Waals surface area contributed by atoms with Gasteiger partial charge in [-0.25, -0.2) is 4.39 Å². The van der Waals surface area contributed by atoms with Crippen molar-refractivity contribution < 1.29 is 27.1 Å². The molecule has 0 aromatic heterocycles. The van der Waals surface area contributed by atoms with Crippen LogP contribution in [0, 0.1) is 12.7 Å². The molecule has 2 aromatic carbocycles. The number of para-hydroxylation sites is 1. The molecule has 6 heteroatoms. The van der Waals surface area contributed by atoms with Crippen molar-refractivity contribution in [3.8, 4) is 5.75 Å². The predicted octanol–water partition coefficient (Wildman–Crippen LogP) is 4.26. The van der Waals surface area contributed by atoms with E-state index in [-0.39, 0.29) is 11.1 Å². The van der Waals surface area contributed by atoms with Crippen LogP contribution in [-0.2, 0) is 0 Å². The van der Waals surface area contributed by atoms with Gasteiger partial charge in [0, 0.05) is 0 Å². The molecule has 0 unspecified atom stereocenters. The minimum atomic E-state index is -4.93. The number of carbonyl (C=O) groups is 1. The fraction of sp³-hybridized carbons (Fsp3) is 0.133. The van der Waals surface area contributed by atoms with Crippen LogP contribution in [0.4, 0.5) is 17.6 Å². The Labute approximate surface area is 118 Å².